The Bertz CT molecular complexity index is 1940. The second-order valence-corrected chi connectivity index (χ2v) is 21.7. The Morgan fingerprint density at radius 1 is 0.865 bits per heavy atom. The van der Waals surface area contributed by atoms with E-state index < -0.39 is 30.4 Å². The lowest BCUT2D eigenvalue weighted by atomic mass is 9.94. The Hall–Kier alpha value is -4.12. The Kier molecular flexibility index (Phi) is 11.2. The summed E-state index contributed by atoms with van der Waals surface area (Å²) in [6, 6.07) is 34.9. The van der Waals surface area contributed by atoms with Crippen molar-refractivity contribution in [3.05, 3.63) is 132 Å². The number of hydrogen-bond acceptors (Lipinski definition) is 7. The highest BCUT2D eigenvalue weighted by atomic mass is 32.2. The van der Waals surface area contributed by atoms with Gasteiger partial charge in [-0.25, -0.2) is 9.78 Å². The molecule has 0 bridgehead atoms. The number of benzene rings is 3. The number of nitrogens with zero attached hydrogens (tertiary/aromatic N) is 3. The zero-order valence-corrected chi connectivity index (χ0v) is 33.1. The van der Waals surface area contributed by atoms with E-state index in [9.17, 15) is 9.35 Å². The van der Waals surface area contributed by atoms with Gasteiger partial charge in [-0.2, -0.15) is 0 Å². The van der Waals surface area contributed by atoms with E-state index in [1.165, 1.54) is 10.4 Å². The summed E-state index contributed by atoms with van der Waals surface area (Å²) < 4.78 is 28.8. The van der Waals surface area contributed by atoms with Crippen LogP contribution in [0.15, 0.2) is 116 Å². The fourth-order valence-corrected chi connectivity index (χ4v) is 13.3. The Labute approximate surface area is 312 Å². The van der Waals surface area contributed by atoms with Gasteiger partial charge in [-0.05, 0) is 78.9 Å². The van der Waals surface area contributed by atoms with Crippen molar-refractivity contribution in [2.24, 2.45) is 0 Å². The number of fused-ring (bicyclic) bond motifs is 1. The van der Waals surface area contributed by atoms with E-state index in [1.54, 1.807) is 13.1 Å². The number of aromatic nitrogens is 2. The highest BCUT2D eigenvalue weighted by Gasteiger charge is 2.51. The summed E-state index contributed by atoms with van der Waals surface area (Å²) in [7, 11) is -2.83. The smallest absolute Gasteiger partial charge is 0.356 e. The molecule has 6 rings (SSSR count). The molecule has 1 unspecified atom stereocenters. The zero-order chi connectivity index (χ0) is 37.1. The molecule has 0 N–H and O–H groups in total. The molecule has 0 radical (unpaired) electrons. The summed E-state index contributed by atoms with van der Waals surface area (Å²) in [5.41, 5.74) is 5.66. The summed E-state index contributed by atoms with van der Waals surface area (Å²) in [5.74, 6) is -0.475. The molecular weight excluding hydrogens is 683 g/mol. The van der Waals surface area contributed by atoms with Gasteiger partial charge in [0.05, 0.1) is 24.9 Å². The third-order valence-corrected chi connectivity index (χ3v) is 16.5. The molecule has 0 saturated heterocycles. The highest BCUT2D eigenvalue weighted by molar-refractivity contribution is 7.90. The monoisotopic (exact) mass is 731 g/mol. The molecule has 0 fully saturated rings. The van der Waals surface area contributed by atoms with Crippen LogP contribution in [-0.2, 0) is 27.1 Å². The summed E-state index contributed by atoms with van der Waals surface area (Å²) >= 11 is -1.37. The van der Waals surface area contributed by atoms with Crippen LogP contribution >= 0.6 is 0 Å². The van der Waals surface area contributed by atoms with Crippen molar-refractivity contribution < 1.29 is 18.5 Å². The van der Waals surface area contributed by atoms with Gasteiger partial charge in [0.15, 0.2) is 0 Å². The molecule has 5 aromatic rings. The zero-order valence-electron chi connectivity index (χ0n) is 31.3. The van der Waals surface area contributed by atoms with Crippen molar-refractivity contribution in [1.82, 2.24) is 14.3 Å². The molecule has 0 spiro atoms. The van der Waals surface area contributed by atoms with Crippen LogP contribution in [0, 0.1) is 0 Å². The molecule has 2 aromatic heterocycles. The fourth-order valence-electron chi connectivity index (χ4n) is 7.34. The minimum absolute atomic E-state index is 0.189. The van der Waals surface area contributed by atoms with Gasteiger partial charge in [0.25, 0.3) is 8.32 Å². The van der Waals surface area contributed by atoms with Gasteiger partial charge >= 0.3 is 5.97 Å². The molecule has 52 heavy (non-hydrogen) atoms. The van der Waals surface area contributed by atoms with E-state index in [0.717, 1.165) is 27.8 Å². The third kappa shape index (κ3) is 7.52. The second-order valence-electron chi connectivity index (χ2n) is 15.2. The quantitative estimate of drug-likeness (QED) is 0.0768. The average Bonchev–Trinajstić information content (AvgIpc) is 3.51. The van der Waals surface area contributed by atoms with Crippen LogP contribution in [0.1, 0.15) is 82.5 Å². The van der Waals surface area contributed by atoms with E-state index in [-0.39, 0.29) is 23.4 Å². The minimum atomic E-state index is -2.83. The van der Waals surface area contributed by atoms with Gasteiger partial charge in [0.2, 0.25) is 0 Å². The number of rotatable bonds is 11. The van der Waals surface area contributed by atoms with Crippen molar-refractivity contribution in [2.75, 3.05) is 13.2 Å². The van der Waals surface area contributed by atoms with Crippen LogP contribution in [0.5, 0.6) is 0 Å². The second kappa shape index (κ2) is 15.5. The maximum absolute atomic E-state index is 14.4. The van der Waals surface area contributed by atoms with Gasteiger partial charge in [0.1, 0.15) is 10.4 Å². The van der Waals surface area contributed by atoms with E-state index in [4.69, 9.17) is 14.1 Å². The Morgan fingerprint density at radius 3 is 2.08 bits per heavy atom. The predicted molar refractivity (Wildman–Crippen MR) is 213 cm³/mol. The minimum Gasteiger partial charge on any atom is -0.597 e. The molecular formula is C43H49N3O4SSi. The first-order valence-electron chi connectivity index (χ1n) is 18.0. The average molecular weight is 732 g/mol. The van der Waals surface area contributed by atoms with Crippen molar-refractivity contribution in [3.8, 4) is 22.4 Å². The Balaban J connectivity index is 1.48. The first-order valence-corrected chi connectivity index (χ1v) is 21.0. The van der Waals surface area contributed by atoms with Crippen molar-refractivity contribution in [1.29, 1.82) is 0 Å². The van der Waals surface area contributed by atoms with Crippen LogP contribution in [0.4, 0.5) is 0 Å². The van der Waals surface area contributed by atoms with Gasteiger partial charge < -0.3 is 13.7 Å². The largest absolute Gasteiger partial charge is 0.597 e. The molecule has 0 aliphatic carbocycles. The molecule has 3 heterocycles. The fraction of sp³-hybridized carbons (Fsp3) is 0.326. The third-order valence-electron chi connectivity index (χ3n) is 9.63. The normalized spacial score (nSPS) is 15.7. The molecule has 0 saturated carbocycles. The number of esters is 1. The van der Waals surface area contributed by atoms with Crippen molar-refractivity contribution in [3.63, 3.8) is 0 Å². The molecule has 3 aromatic carbocycles. The van der Waals surface area contributed by atoms with E-state index in [1.807, 2.05) is 75.5 Å². The molecule has 1 aliphatic rings. The van der Waals surface area contributed by atoms with Gasteiger partial charge in [-0.3, -0.25) is 4.98 Å². The van der Waals surface area contributed by atoms with Crippen LogP contribution in [0.3, 0.4) is 0 Å². The van der Waals surface area contributed by atoms with Crippen LogP contribution < -0.4 is 10.4 Å². The van der Waals surface area contributed by atoms with Gasteiger partial charge in [0, 0.05) is 47.1 Å². The number of pyridine rings is 2. The Morgan fingerprint density at radius 2 is 1.50 bits per heavy atom. The number of carbonyl (C=O) groups excluding carboxylic acids is 1. The number of carbonyl (C=O) groups is 1. The maximum atomic E-state index is 14.4. The lowest BCUT2D eigenvalue weighted by Crippen LogP contribution is -2.66. The first-order chi connectivity index (χ1) is 24.8. The lowest BCUT2D eigenvalue weighted by Gasteiger charge is -2.43. The summed E-state index contributed by atoms with van der Waals surface area (Å²) in [6.07, 6.45) is 4.17. The highest BCUT2D eigenvalue weighted by Crippen LogP contribution is 2.46. The van der Waals surface area contributed by atoms with Crippen LogP contribution in [0.25, 0.3) is 22.4 Å². The summed E-state index contributed by atoms with van der Waals surface area (Å²) in [5, 5.41) is 2.24. The molecule has 0 amide bonds. The van der Waals surface area contributed by atoms with E-state index in [2.05, 4.69) is 84.7 Å². The van der Waals surface area contributed by atoms with Crippen molar-refractivity contribution >= 4 is 36.0 Å². The SMILES string of the molecule is CCOC(=O)c1cc2c(c(-c3cccc(-c4cccnc4)c3)n1)[C@@H](CCO[Si](c1ccccc1)(c1ccccc1)C(C)(C)C)N([S+]([O-])C(C)(C)C)C2. The number of ether oxygens (including phenoxy) is 1. The van der Waals surface area contributed by atoms with E-state index >= 15 is 0 Å². The molecule has 2 atom stereocenters. The van der Waals surface area contributed by atoms with Crippen molar-refractivity contribution in [2.45, 2.75) is 77.3 Å². The first kappa shape index (κ1) is 37.6. The summed E-state index contributed by atoms with van der Waals surface area (Å²) in [4.78, 5) is 22.6. The predicted octanol–water partition coefficient (Wildman–Crippen LogP) is 8.27. The van der Waals surface area contributed by atoms with Crippen LogP contribution in [0.2, 0.25) is 5.04 Å². The molecule has 7 nitrogen and oxygen atoms in total. The topological polar surface area (TPSA) is 87.6 Å². The standard InChI is InChI=1S/C43H49N3O4SSi/c1-8-49-41(47)37-28-34-30-46(51(48)42(2,3)4)38(39(34)40(45-37)32-18-15-17-31(27-32)33-19-16-25-44-29-33)24-26-50-52(43(5,6)7,35-20-11-9-12-21-35)36-22-13-10-14-23-36/h9-23,25,27-29,38H,8,24,26,30H2,1-7H3/t38-,51?/m1/s1. The van der Waals surface area contributed by atoms with E-state index in [0.29, 0.717) is 25.3 Å². The molecule has 270 valence electrons. The molecule has 1 aliphatic heterocycles. The lowest BCUT2D eigenvalue weighted by molar-refractivity contribution is 0.0519. The molecule has 9 heteroatoms. The number of hydrogen-bond donors (Lipinski definition) is 0. The summed E-state index contributed by atoms with van der Waals surface area (Å²) in [6.45, 7) is 15.7. The van der Waals surface area contributed by atoms with Gasteiger partial charge in [-0.1, -0.05) is 106 Å². The maximum Gasteiger partial charge on any atom is 0.356 e. The van der Waals surface area contributed by atoms with Gasteiger partial charge in [-0.15, -0.1) is 4.31 Å². The van der Waals surface area contributed by atoms with Crippen LogP contribution in [-0.4, -0.2) is 51.1 Å².